The summed E-state index contributed by atoms with van der Waals surface area (Å²) in [6, 6.07) is 9.56. The number of fused-ring (bicyclic) bond motifs is 1. The number of aryl methyl sites for hydroxylation is 1. The number of rotatable bonds is 2. The second kappa shape index (κ2) is 5.31. The fourth-order valence-electron chi connectivity index (χ4n) is 2.17. The summed E-state index contributed by atoms with van der Waals surface area (Å²) in [4.78, 5) is 4.37. The molecule has 1 unspecified atom stereocenters. The van der Waals surface area contributed by atoms with Gasteiger partial charge in [0.15, 0.2) is 0 Å². The summed E-state index contributed by atoms with van der Waals surface area (Å²) in [5.41, 5.74) is 9.02. The van der Waals surface area contributed by atoms with Gasteiger partial charge in [0.25, 0.3) is 0 Å². The van der Waals surface area contributed by atoms with Crippen molar-refractivity contribution in [3.8, 4) is 0 Å². The van der Waals surface area contributed by atoms with Crippen LogP contribution in [0.15, 0.2) is 49.9 Å². The van der Waals surface area contributed by atoms with E-state index < -0.39 is 6.04 Å². The van der Waals surface area contributed by atoms with Gasteiger partial charge in [-0.1, -0.05) is 18.2 Å². The first-order valence-electron chi connectivity index (χ1n) is 6.12. The Balaban J connectivity index is 2.08. The molecule has 0 amide bonds. The highest BCUT2D eigenvalue weighted by atomic mass is 79.9. The van der Waals surface area contributed by atoms with E-state index in [1.807, 2.05) is 37.3 Å². The number of para-hydroxylation sites is 1. The van der Waals surface area contributed by atoms with Crippen molar-refractivity contribution in [3.05, 3.63) is 62.5 Å². The highest BCUT2D eigenvalue weighted by Crippen LogP contribution is 2.31. The van der Waals surface area contributed by atoms with Crippen LogP contribution in [0.1, 0.15) is 23.1 Å². The summed E-state index contributed by atoms with van der Waals surface area (Å²) in [5, 5.41) is 1.06. The van der Waals surface area contributed by atoms with E-state index in [0.29, 0.717) is 5.76 Å². The fourth-order valence-corrected chi connectivity index (χ4v) is 3.40. The summed E-state index contributed by atoms with van der Waals surface area (Å²) in [6.45, 7) is 2.02. The Hall–Kier alpha value is -1.17. The Morgan fingerprint density at radius 2 is 2.05 bits per heavy atom. The average Bonchev–Trinajstić information content (AvgIpc) is 2.83. The maximum Gasteiger partial charge on any atom is 0.137 e. The van der Waals surface area contributed by atoms with Gasteiger partial charge in [0.1, 0.15) is 17.4 Å². The standard InChI is InChI=1S/C15H12Br2N2O/c1-8-3-2-4-9-5-12(20-15(8)9)13(18)14-11(17)6-10(16)7-19-14/h2-7,13H,18H2,1H3. The molecular formula is C15H12Br2N2O. The fraction of sp³-hybridized carbons (Fsp3) is 0.133. The van der Waals surface area contributed by atoms with E-state index in [1.54, 1.807) is 6.20 Å². The van der Waals surface area contributed by atoms with E-state index in [-0.39, 0.29) is 0 Å². The largest absolute Gasteiger partial charge is 0.459 e. The highest BCUT2D eigenvalue weighted by Gasteiger charge is 2.18. The van der Waals surface area contributed by atoms with Crippen molar-refractivity contribution in [2.45, 2.75) is 13.0 Å². The number of aromatic nitrogens is 1. The Kier molecular flexibility index (Phi) is 3.67. The van der Waals surface area contributed by atoms with Crippen LogP contribution in [-0.4, -0.2) is 4.98 Å². The first-order valence-corrected chi connectivity index (χ1v) is 7.70. The number of benzene rings is 1. The molecule has 3 aromatic rings. The highest BCUT2D eigenvalue weighted by molar-refractivity contribution is 9.11. The predicted octanol–water partition coefficient (Wildman–Crippen LogP) is 4.71. The van der Waals surface area contributed by atoms with Gasteiger partial charge in [-0.05, 0) is 56.5 Å². The number of hydrogen-bond donors (Lipinski definition) is 1. The molecular weight excluding hydrogens is 384 g/mol. The van der Waals surface area contributed by atoms with Gasteiger partial charge >= 0.3 is 0 Å². The Morgan fingerprint density at radius 1 is 1.25 bits per heavy atom. The summed E-state index contributed by atoms with van der Waals surface area (Å²) in [5.74, 6) is 0.713. The molecule has 0 saturated heterocycles. The van der Waals surface area contributed by atoms with E-state index in [2.05, 4.69) is 36.8 Å². The number of furan rings is 1. The third-order valence-electron chi connectivity index (χ3n) is 3.20. The Morgan fingerprint density at radius 3 is 2.75 bits per heavy atom. The van der Waals surface area contributed by atoms with Crippen molar-refractivity contribution in [3.63, 3.8) is 0 Å². The summed E-state index contributed by atoms with van der Waals surface area (Å²) < 4.78 is 7.66. The van der Waals surface area contributed by atoms with Crippen LogP contribution in [0.5, 0.6) is 0 Å². The molecule has 3 rings (SSSR count). The SMILES string of the molecule is Cc1cccc2cc(C(N)c3ncc(Br)cc3Br)oc12. The predicted molar refractivity (Wildman–Crippen MR) is 86.6 cm³/mol. The number of nitrogens with two attached hydrogens (primary N) is 1. The van der Waals surface area contributed by atoms with Crippen molar-refractivity contribution < 1.29 is 4.42 Å². The number of nitrogens with zero attached hydrogens (tertiary/aromatic N) is 1. The quantitative estimate of drug-likeness (QED) is 0.683. The van der Waals surface area contributed by atoms with Crippen LogP contribution in [0.2, 0.25) is 0 Å². The molecule has 20 heavy (non-hydrogen) atoms. The molecule has 0 aliphatic carbocycles. The van der Waals surface area contributed by atoms with Gasteiger partial charge in [-0.25, -0.2) is 0 Å². The summed E-state index contributed by atoms with van der Waals surface area (Å²) >= 11 is 6.87. The molecule has 5 heteroatoms. The normalized spacial score (nSPS) is 12.8. The van der Waals surface area contributed by atoms with Crippen LogP contribution in [0.25, 0.3) is 11.0 Å². The molecule has 0 bridgehead atoms. The topological polar surface area (TPSA) is 52.0 Å². The third kappa shape index (κ3) is 2.41. The lowest BCUT2D eigenvalue weighted by atomic mass is 10.1. The molecule has 2 heterocycles. The van der Waals surface area contributed by atoms with Crippen LogP contribution in [0.3, 0.4) is 0 Å². The van der Waals surface area contributed by atoms with Gasteiger partial charge in [0.05, 0.1) is 5.69 Å². The van der Waals surface area contributed by atoms with E-state index >= 15 is 0 Å². The maximum atomic E-state index is 6.28. The lowest BCUT2D eigenvalue weighted by Crippen LogP contribution is -2.13. The molecule has 0 spiro atoms. The van der Waals surface area contributed by atoms with Gasteiger partial charge in [0.2, 0.25) is 0 Å². The third-order valence-corrected chi connectivity index (χ3v) is 4.27. The van der Waals surface area contributed by atoms with Gasteiger partial charge in [-0.2, -0.15) is 0 Å². The minimum absolute atomic E-state index is 0.399. The second-order valence-electron chi connectivity index (χ2n) is 4.64. The van der Waals surface area contributed by atoms with Gasteiger partial charge in [0, 0.05) is 20.5 Å². The maximum absolute atomic E-state index is 6.28. The minimum Gasteiger partial charge on any atom is -0.459 e. The van der Waals surface area contributed by atoms with Crippen molar-refractivity contribution >= 4 is 42.8 Å². The van der Waals surface area contributed by atoms with Crippen LogP contribution >= 0.6 is 31.9 Å². The molecule has 0 saturated carbocycles. The van der Waals surface area contributed by atoms with Crippen molar-refractivity contribution in [2.24, 2.45) is 5.73 Å². The molecule has 1 atom stereocenters. The molecule has 2 aromatic heterocycles. The zero-order chi connectivity index (χ0) is 14.3. The van der Waals surface area contributed by atoms with Gasteiger partial charge < -0.3 is 10.2 Å². The first-order chi connectivity index (χ1) is 9.56. The van der Waals surface area contributed by atoms with Crippen LogP contribution in [0, 0.1) is 6.92 Å². The second-order valence-corrected chi connectivity index (χ2v) is 6.41. The summed E-state index contributed by atoms with van der Waals surface area (Å²) in [7, 11) is 0. The zero-order valence-corrected chi connectivity index (χ0v) is 13.9. The van der Waals surface area contributed by atoms with Crippen molar-refractivity contribution in [1.82, 2.24) is 4.98 Å². The minimum atomic E-state index is -0.399. The molecule has 2 N–H and O–H groups in total. The number of pyridine rings is 1. The molecule has 1 aromatic carbocycles. The van der Waals surface area contributed by atoms with Gasteiger partial charge in [-0.3, -0.25) is 4.98 Å². The van der Waals surface area contributed by atoms with Gasteiger partial charge in [-0.15, -0.1) is 0 Å². The lowest BCUT2D eigenvalue weighted by molar-refractivity contribution is 0.518. The zero-order valence-electron chi connectivity index (χ0n) is 10.7. The molecule has 0 fully saturated rings. The van der Waals surface area contributed by atoms with E-state index in [0.717, 1.165) is 31.2 Å². The van der Waals surface area contributed by atoms with Crippen LogP contribution in [-0.2, 0) is 0 Å². The molecule has 0 radical (unpaired) electrons. The Labute approximate surface area is 133 Å². The smallest absolute Gasteiger partial charge is 0.137 e. The van der Waals surface area contributed by atoms with E-state index in [9.17, 15) is 0 Å². The Bertz CT molecular complexity index is 783. The number of halogens is 2. The number of hydrogen-bond acceptors (Lipinski definition) is 3. The first kappa shape index (κ1) is 13.8. The molecule has 102 valence electrons. The lowest BCUT2D eigenvalue weighted by Gasteiger charge is -2.10. The average molecular weight is 396 g/mol. The van der Waals surface area contributed by atoms with Crippen molar-refractivity contribution in [2.75, 3.05) is 0 Å². The van der Waals surface area contributed by atoms with Crippen LogP contribution in [0.4, 0.5) is 0 Å². The van der Waals surface area contributed by atoms with E-state index in [4.69, 9.17) is 10.2 Å². The van der Waals surface area contributed by atoms with Crippen LogP contribution < -0.4 is 5.73 Å². The molecule has 0 aliphatic rings. The molecule has 3 nitrogen and oxygen atoms in total. The van der Waals surface area contributed by atoms with Crippen molar-refractivity contribution in [1.29, 1.82) is 0 Å². The monoisotopic (exact) mass is 394 g/mol. The van der Waals surface area contributed by atoms with E-state index in [1.165, 1.54) is 0 Å². The summed E-state index contributed by atoms with van der Waals surface area (Å²) in [6.07, 6.45) is 1.73. The molecule has 0 aliphatic heterocycles.